The summed E-state index contributed by atoms with van der Waals surface area (Å²) in [5.74, 6) is 1.07. The molecule has 0 fully saturated rings. The summed E-state index contributed by atoms with van der Waals surface area (Å²) in [4.78, 5) is 4.16. The van der Waals surface area contributed by atoms with Crippen molar-refractivity contribution in [3.63, 3.8) is 0 Å². The molecule has 31 heavy (non-hydrogen) atoms. The lowest BCUT2D eigenvalue weighted by Crippen LogP contribution is -2.43. The molecule has 0 saturated carbocycles. The van der Waals surface area contributed by atoms with Gasteiger partial charge in [0.1, 0.15) is 27.3 Å². The molecule has 11 heteroatoms. The van der Waals surface area contributed by atoms with Crippen molar-refractivity contribution in [2.45, 2.75) is 32.2 Å². The third kappa shape index (κ3) is 8.37. The maximum absolute atomic E-state index is 11.3. The summed E-state index contributed by atoms with van der Waals surface area (Å²) < 4.78 is 24.2. The van der Waals surface area contributed by atoms with Crippen LogP contribution >= 0.6 is 24.0 Å². The van der Waals surface area contributed by atoms with Gasteiger partial charge in [0.25, 0.3) is 0 Å². The Morgan fingerprint density at radius 1 is 1.35 bits per heavy atom. The maximum atomic E-state index is 11.3. The van der Waals surface area contributed by atoms with E-state index < -0.39 is 9.84 Å². The number of aryl methyl sites for hydroxylation is 1. The molecule has 0 bridgehead atoms. The van der Waals surface area contributed by atoms with Crippen molar-refractivity contribution < 1.29 is 8.42 Å². The van der Waals surface area contributed by atoms with Gasteiger partial charge in [-0.15, -0.1) is 24.0 Å². The molecule has 2 rings (SSSR count). The minimum atomic E-state index is -2.99. The quantitative estimate of drug-likeness (QED) is 0.185. The van der Waals surface area contributed by atoms with Crippen LogP contribution in [0.2, 0.25) is 0 Å². The van der Waals surface area contributed by atoms with Crippen molar-refractivity contribution in [1.29, 1.82) is 5.26 Å². The second-order valence-corrected chi connectivity index (χ2v) is 9.39. The Labute approximate surface area is 201 Å². The van der Waals surface area contributed by atoms with Gasteiger partial charge >= 0.3 is 0 Å². The fraction of sp³-hybridized carbons (Fsp3) is 0.450. The van der Waals surface area contributed by atoms with Gasteiger partial charge in [0.05, 0.1) is 17.1 Å². The van der Waals surface area contributed by atoms with Gasteiger partial charge in [-0.2, -0.15) is 10.4 Å². The van der Waals surface area contributed by atoms with E-state index >= 15 is 0 Å². The van der Waals surface area contributed by atoms with Gasteiger partial charge in [-0.05, 0) is 38.3 Å². The maximum Gasteiger partial charge on any atom is 0.191 e. The van der Waals surface area contributed by atoms with E-state index in [1.165, 1.54) is 6.26 Å². The normalized spacial score (nSPS) is 12.5. The molecule has 1 aromatic carbocycles. The zero-order valence-corrected chi connectivity index (χ0v) is 21.1. The van der Waals surface area contributed by atoms with E-state index in [4.69, 9.17) is 5.73 Å². The number of hydrogen-bond donors (Lipinski definition) is 3. The van der Waals surface area contributed by atoms with Crippen molar-refractivity contribution in [2.24, 2.45) is 4.99 Å². The van der Waals surface area contributed by atoms with Gasteiger partial charge in [-0.3, -0.25) is 4.99 Å². The monoisotopic (exact) mass is 559 g/mol. The Hall–Kier alpha value is -2.33. The number of hydrogen-bond acceptors (Lipinski definition) is 6. The summed E-state index contributed by atoms with van der Waals surface area (Å²) >= 11 is 0. The van der Waals surface area contributed by atoms with Crippen molar-refractivity contribution in [1.82, 2.24) is 20.4 Å². The first-order valence-electron chi connectivity index (χ1n) is 9.73. The SMILES string of the molecule is CN=C(NCCCc1nn(-c2ccccc2)c(N)c1C#N)NC(C)CCS(C)(=O)=O.I. The van der Waals surface area contributed by atoms with Crippen LogP contribution in [-0.4, -0.2) is 55.8 Å². The first-order chi connectivity index (χ1) is 14.2. The van der Waals surface area contributed by atoms with E-state index in [0.29, 0.717) is 42.4 Å². The highest BCUT2D eigenvalue weighted by Crippen LogP contribution is 2.21. The van der Waals surface area contributed by atoms with Gasteiger partial charge in [0.2, 0.25) is 0 Å². The Balaban J connectivity index is 0.00000480. The van der Waals surface area contributed by atoms with E-state index in [0.717, 1.165) is 12.1 Å². The Morgan fingerprint density at radius 2 is 2.03 bits per heavy atom. The van der Waals surface area contributed by atoms with Crippen LogP contribution in [0.3, 0.4) is 0 Å². The Bertz CT molecular complexity index is 1010. The molecule has 9 nitrogen and oxygen atoms in total. The zero-order valence-electron chi connectivity index (χ0n) is 18.0. The van der Waals surface area contributed by atoms with Gasteiger partial charge in [0, 0.05) is 25.9 Å². The number of aliphatic imine (C=N–C) groups is 1. The van der Waals surface area contributed by atoms with Crippen LogP contribution in [0.4, 0.5) is 5.82 Å². The molecule has 0 aliphatic rings. The highest BCUT2D eigenvalue weighted by atomic mass is 127. The van der Waals surface area contributed by atoms with Crippen molar-refractivity contribution in [2.75, 3.05) is 31.3 Å². The molecule has 2 aromatic rings. The minimum absolute atomic E-state index is 0. The van der Waals surface area contributed by atoms with E-state index in [1.807, 2.05) is 37.3 Å². The van der Waals surface area contributed by atoms with Crippen LogP contribution in [0.5, 0.6) is 0 Å². The lowest BCUT2D eigenvalue weighted by Gasteiger charge is -2.17. The van der Waals surface area contributed by atoms with Crippen LogP contribution in [0.25, 0.3) is 5.69 Å². The molecule has 1 atom stereocenters. The van der Waals surface area contributed by atoms with E-state index in [2.05, 4.69) is 26.8 Å². The van der Waals surface area contributed by atoms with E-state index in [1.54, 1.807) is 11.7 Å². The summed E-state index contributed by atoms with van der Waals surface area (Å²) in [7, 11) is -1.33. The average molecular weight is 559 g/mol. The van der Waals surface area contributed by atoms with Crippen LogP contribution in [0, 0.1) is 11.3 Å². The number of para-hydroxylation sites is 1. The molecular formula is C20H30IN7O2S. The fourth-order valence-electron chi connectivity index (χ4n) is 2.89. The molecule has 0 amide bonds. The van der Waals surface area contributed by atoms with Crippen LogP contribution in [0.1, 0.15) is 31.0 Å². The first-order valence-corrected chi connectivity index (χ1v) is 11.8. The number of nitrogens with one attached hydrogen (secondary N) is 2. The van der Waals surface area contributed by atoms with E-state index in [9.17, 15) is 13.7 Å². The number of anilines is 1. The highest BCUT2D eigenvalue weighted by molar-refractivity contribution is 14.0. The predicted octanol–water partition coefficient (Wildman–Crippen LogP) is 1.86. The number of sulfone groups is 1. The average Bonchev–Trinajstić information content (AvgIpc) is 3.04. The molecule has 0 saturated heterocycles. The molecular weight excluding hydrogens is 529 g/mol. The third-order valence-electron chi connectivity index (χ3n) is 4.52. The van der Waals surface area contributed by atoms with Crippen molar-refractivity contribution in [3.8, 4) is 11.8 Å². The number of guanidine groups is 1. The molecule has 1 heterocycles. The predicted molar refractivity (Wildman–Crippen MR) is 135 cm³/mol. The fourth-order valence-corrected chi connectivity index (χ4v) is 3.68. The van der Waals surface area contributed by atoms with Gasteiger partial charge in [-0.25, -0.2) is 13.1 Å². The summed E-state index contributed by atoms with van der Waals surface area (Å²) in [5.41, 5.74) is 7.99. The molecule has 1 unspecified atom stereocenters. The Kier molecular flexibility index (Phi) is 10.8. The largest absolute Gasteiger partial charge is 0.382 e. The smallest absolute Gasteiger partial charge is 0.191 e. The van der Waals surface area contributed by atoms with Crippen LogP contribution in [-0.2, 0) is 16.3 Å². The number of nitrogen functional groups attached to an aromatic ring is 1. The highest BCUT2D eigenvalue weighted by Gasteiger charge is 2.16. The van der Waals surface area contributed by atoms with Crippen molar-refractivity contribution in [3.05, 3.63) is 41.6 Å². The number of benzene rings is 1. The molecule has 0 aliphatic carbocycles. The van der Waals surface area contributed by atoms with Gasteiger partial charge in [-0.1, -0.05) is 18.2 Å². The number of halogens is 1. The molecule has 4 N–H and O–H groups in total. The molecule has 1 aromatic heterocycles. The molecule has 170 valence electrons. The summed E-state index contributed by atoms with van der Waals surface area (Å²) in [6, 6.07) is 11.6. The van der Waals surface area contributed by atoms with Crippen molar-refractivity contribution >= 4 is 45.6 Å². The van der Waals surface area contributed by atoms with Gasteiger partial charge < -0.3 is 16.4 Å². The second kappa shape index (κ2) is 12.5. The van der Waals surface area contributed by atoms with E-state index in [-0.39, 0.29) is 35.8 Å². The topological polar surface area (TPSA) is 138 Å². The lowest BCUT2D eigenvalue weighted by atomic mass is 10.1. The second-order valence-electron chi connectivity index (χ2n) is 7.13. The number of nitrogens with zero attached hydrogens (tertiary/aromatic N) is 4. The molecule has 0 radical (unpaired) electrons. The summed E-state index contributed by atoms with van der Waals surface area (Å²) in [5, 5.41) is 20.4. The number of rotatable bonds is 9. The third-order valence-corrected chi connectivity index (χ3v) is 5.49. The number of nitrogens with two attached hydrogens (primary N) is 1. The molecule has 0 aliphatic heterocycles. The first kappa shape index (κ1) is 26.7. The summed E-state index contributed by atoms with van der Waals surface area (Å²) in [6.45, 7) is 2.53. The standard InChI is InChI=1S/C20H29N7O2S.HI/c1-15(11-13-30(3,28)29)25-20(23-2)24-12-7-10-18-17(14-21)19(22)27(26-18)16-8-5-4-6-9-16;/h4-6,8-9,15H,7,10-13,22H2,1-3H3,(H2,23,24,25);1H. The number of nitriles is 1. The Morgan fingerprint density at radius 3 is 2.61 bits per heavy atom. The zero-order chi connectivity index (χ0) is 22.1. The molecule has 0 spiro atoms. The van der Waals surface area contributed by atoms with Gasteiger partial charge in [0.15, 0.2) is 5.96 Å². The lowest BCUT2D eigenvalue weighted by molar-refractivity contribution is 0.580. The van der Waals surface area contributed by atoms with Crippen LogP contribution < -0.4 is 16.4 Å². The number of aromatic nitrogens is 2. The minimum Gasteiger partial charge on any atom is -0.382 e. The summed E-state index contributed by atoms with van der Waals surface area (Å²) in [6.07, 6.45) is 3.04. The van der Waals surface area contributed by atoms with Crippen LogP contribution in [0.15, 0.2) is 35.3 Å².